The number of rotatable bonds is 4. The van der Waals surface area contributed by atoms with Gasteiger partial charge in [0.1, 0.15) is 0 Å². The molecule has 0 saturated heterocycles. The van der Waals surface area contributed by atoms with Gasteiger partial charge in [-0.2, -0.15) is 17.6 Å². The maximum absolute atomic E-state index is 13.1. The molecule has 0 nitrogen and oxygen atoms in total. The predicted octanol–water partition coefficient (Wildman–Crippen LogP) is 5.87. The lowest BCUT2D eigenvalue weighted by Crippen LogP contribution is -2.31. The minimum absolute atomic E-state index is 0.0232. The van der Waals surface area contributed by atoms with E-state index in [0.29, 0.717) is 0 Å². The second-order valence-electron chi connectivity index (χ2n) is 4.01. The molecule has 0 aliphatic carbocycles. The lowest BCUT2D eigenvalue weighted by molar-refractivity contribution is -0.0897. The first-order valence-electron chi connectivity index (χ1n) is 5.59. The number of alkyl halides is 5. The van der Waals surface area contributed by atoms with Gasteiger partial charge in [-0.3, -0.25) is 0 Å². The molecule has 0 heterocycles. The summed E-state index contributed by atoms with van der Waals surface area (Å²) in [5.41, 5.74) is 1.73. The fourth-order valence-electron chi connectivity index (χ4n) is 1.55. The van der Waals surface area contributed by atoms with Gasteiger partial charge in [0.2, 0.25) is 0 Å². The van der Waals surface area contributed by atoms with Crippen molar-refractivity contribution < 1.29 is 17.6 Å². The zero-order chi connectivity index (χ0) is 14.8. The van der Waals surface area contributed by atoms with E-state index in [2.05, 4.69) is 11.6 Å². The van der Waals surface area contributed by atoms with Gasteiger partial charge in [-0.15, -0.1) is 0 Å². The van der Waals surface area contributed by atoms with Crippen LogP contribution in [0.5, 0.6) is 0 Å². The molecule has 0 fully saturated rings. The van der Waals surface area contributed by atoms with E-state index in [1.54, 1.807) is 12.1 Å². The second kappa shape index (κ2) is 5.66. The van der Waals surface area contributed by atoms with Crippen LogP contribution in [0.3, 0.4) is 0 Å². The van der Waals surface area contributed by atoms with Crippen LogP contribution < -0.4 is 0 Å². The molecule has 0 unspecified atom stereocenters. The molecule has 2 aromatic carbocycles. The highest BCUT2D eigenvalue weighted by Gasteiger charge is 2.55. The Labute approximate surface area is 122 Å². The summed E-state index contributed by atoms with van der Waals surface area (Å²) < 4.78 is 51.3. The van der Waals surface area contributed by atoms with Gasteiger partial charge >= 0.3 is 10.6 Å². The molecule has 0 N–H and O–H groups in total. The van der Waals surface area contributed by atoms with E-state index in [1.807, 2.05) is 30.3 Å². The highest BCUT2D eigenvalue weighted by molar-refractivity contribution is 8.00. The Morgan fingerprint density at radius 3 is 1.75 bits per heavy atom. The summed E-state index contributed by atoms with van der Waals surface area (Å²) in [7, 11) is 0. The van der Waals surface area contributed by atoms with Crippen molar-refractivity contribution in [1.82, 2.24) is 0 Å². The Bertz CT molecular complexity index is 564. The fraction of sp³-hybridized carbons (Fsp3) is 0.143. The van der Waals surface area contributed by atoms with E-state index in [4.69, 9.17) is 0 Å². The van der Waals surface area contributed by atoms with Crippen molar-refractivity contribution in [3.8, 4) is 11.1 Å². The van der Waals surface area contributed by atoms with Crippen LogP contribution in [0.2, 0.25) is 0 Å². The number of halogens is 5. The predicted molar refractivity (Wildman–Crippen MR) is 73.5 cm³/mol. The quantitative estimate of drug-likeness (QED) is 0.385. The summed E-state index contributed by atoms with van der Waals surface area (Å²) in [5, 5.41) is -8.95. The Morgan fingerprint density at radius 2 is 1.25 bits per heavy atom. The van der Waals surface area contributed by atoms with E-state index in [1.165, 1.54) is 12.1 Å². The normalized spacial score (nSPS) is 12.4. The highest BCUT2D eigenvalue weighted by atomic mass is 35.5. The van der Waals surface area contributed by atoms with Crippen molar-refractivity contribution in [2.45, 2.75) is 15.5 Å². The highest BCUT2D eigenvalue weighted by Crippen LogP contribution is 2.48. The Hall–Kier alpha value is -1.20. The van der Waals surface area contributed by atoms with Crippen LogP contribution in [0.1, 0.15) is 0 Å². The summed E-state index contributed by atoms with van der Waals surface area (Å²) in [5.74, 6) is 0. The number of hydrogen-bond donors (Lipinski definition) is 0. The van der Waals surface area contributed by atoms with Crippen LogP contribution in [0.25, 0.3) is 11.1 Å². The number of benzene rings is 2. The smallest absolute Gasteiger partial charge is 0.185 e. The van der Waals surface area contributed by atoms with Crippen LogP contribution in [0.4, 0.5) is 17.6 Å². The molecule has 0 amide bonds. The summed E-state index contributed by atoms with van der Waals surface area (Å²) in [6.45, 7) is 0. The molecule has 0 bridgehead atoms. The maximum atomic E-state index is 13.1. The fourth-order valence-corrected chi connectivity index (χ4v) is 2.35. The first kappa shape index (κ1) is 15.2. The molecule has 0 aromatic heterocycles. The molecule has 0 radical (unpaired) electrons. The Morgan fingerprint density at radius 1 is 0.750 bits per heavy atom. The van der Waals surface area contributed by atoms with E-state index >= 15 is 0 Å². The SMILES string of the molecule is FC(F)(Cl)C(F)(F)Sc1ccc(-c2ccccc2)cc1. The molecule has 0 aliphatic heterocycles. The van der Waals surface area contributed by atoms with E-state index in [0.717, 1.165) is 11.1 Å². The van der Waals surface area contributed by atoms with Gasteiger partial charge in [0, 0.05) is 4.90 Å². The monoisotopic (exact) mass is 320 g/mol. The maximum Gasteiger partial charge on any atom is 0.394 e. The van der Waals surface area contributed by atoms with Crippen molar-refractivity contribution in [3.63, 3.8) is 0 Å². The molecule has 2 rings (SSSR count). The average Bonchev–Trinajstić information content (AvgIpc) is 2.39. The molecular weight excluding hydrogens is 312 g/mol. The average molecular weight is 321 g/mol. The minimum Gasteiger partial charge on any atom is -0.185 e. The van der Waals surface area contributed by atoms with Crippen molar-refractivity contribution in [2.75, 3.05) is 0 Å². The van der Waals surface area contributed by atoms with Gasteiger partial charge in [0.05, 0.1) is 0 Å². The van der Waals surface area contributed by atoms with Crippen LogP contribution >= 0.6 is 23.4 Å². The summed E-state index contributed by atoms with van der Waals surface area (Å²) in [6.07, 6.45) is 0. The molecule has 0 atom stereocenters. The second-order valence-corrected chi connectivity index (χ2v) is 5.67. The van der Waals surface area contributed by atoms with Gasteiger partial charge in [-0.05, 0) is 46.6 Å². The topological polar surface area (TPSA) is 0 Å². The lowest BCUT2D eigenvalue weighted by atomic mass is 10.1. The molecule has 0 saturated carbocycles. The Kier molecular flexibility index (Phi) is 4.30. The third-order valence-electron chi connectivity index (χ3n) is 2.54. The zero-order valence-electron chi connectivity index (χ0n) is 9.99. The lowest BCUT2D eigenvalue weighted by Gasteiger charge is -2.20. The Balaban J connectivity index is 2.18. The van der Waals surface area contributed by atoms with Crippen LogP contribution in [0, 0.1) is 0 Å². The molecule has 6 heteroatoms. The van der Waals surface area contributed by atoms with Crippen LogP contribution in [-0.2, 0) is 0 Å². The van der Waals surface area contributed by atoms with Crippen LogP contribution in [0.15, 0.2) is 59.5 Å². The first-order valence-corrected chi connectivity index (χ1v) is 6.78. The summed E-state index contributed by atoms with van der Waals surface area (Å²) in [6, 6.07) is 15.2. The van der Waals surface area contributed by atoms with E-state index < -0.39 is 10.6 Å². The van der Waals surface area contributed by atoms with Crippen molar-refractivity contribution >= 4 is 23.4 Å². The summed E-state index contributed by atoms with van der Waals surface area (Å²) in [4.78, 5) is 0.0232. The first-order chi connectivity index (χ1) is 9.29. The van der Waals surface area contributed by atoms with Gasteiger partial charge < -0.3 is 0 Å². The molecule has 2 aromatic rings. The summed E-state index contributed by atoms with van der Waals surface area (Å²) >= 11 is 4.14. The third-order valence-corrected chi connectivity index (χ3v) is 3.91. The van der Waals surface area contributed by atoms with Gasteiger partial charge in [-0.25, -0.2) is 0 Å². The number of hydrogen-bond acceptors (Lipinski definition) is 1. The third kappa shape index (κ3) is 3.46. The molecule has 106 valence electrons. The standard InChI is InChI=1S/C14H9ClF4S/c15-13(16,17)14(18,19)20-12-8-6-11(7-9-12)10-4-2-1-3-5-10/h1-9H. The molecular formula is C14H9ClF4S. The molecule has 0 aliphatic rings. The van der Waals surface area contributed by atoms with Crippen molar-refractivity contribution in [3.05, 3.63) is 54.6 Å². The van der Waals surface area contributed by atoms with Gasteiger partial charge in [-0.1, -0.05) is 42.5 Å². The van der Waals surface area contributed by atoms with Crippen molar-refractivity contribution in [1.29, 1.82) is 0 Å². The molecule has 20 heavy (non-hydrogen) atoms. The number of thioether (sulfide) groups is 1. The minimum atomic E-state index is -4.59. The molecule has 0 spiro atoms. The van der Waals surface area contributed by atoms with Crippen molar-refractivity contribution in [2.24, 2.45) is 0 Å². The van der Waals surface area contributed by atoms with E-state index in [-0.39, 0.29) is 16.7 Å². The van der Waals surface area contributed by atoms with Gasteiger partial charge in [0.25, 0.3) is 0 Å². The van der Waals surface area contributed by atoms with Gasteiger partial charge in [0.15, 0.2) is 0 Å². The van der Waals surface area contributed by atoms with Crippen LogP contribution in [-0.4, -0.2) is 10.6 Å². The van der Waals surface area contributed by atoms with E-state index in [9.17, 15) is 17.6 Å². The zero-order valence-corrected chi connectivity index (χ0v) is 11.6. The largest absolute Gasteiger partial charge is 0.394 e.